The molecule has 2 aromatic carbocycles. The molecule has 2 aromatic rings. The molecular weight excluding hydrogens is 608 g/mol. The number of anilines is 1. The molecule has 0 aliphatic carbocycles. The number of rotatable bonds is 19. The lowest BCUT2D eigenvalue weighted by Gasteiger charge is -2.19. The van der Waals surface area contributed by atoms with Crippen molar-refractivity contribution in [2.75, 3.05) is 38.6 Å². The molecule has 1 atom stereocenters. The maximum atomic E-state index is 13.0. The van der Waals surface area contributed by atoms with Crippen LogP contribution in [0, 0.1) is 0 Å². The molecule has 0 aromatic heterocycles. The third kappa shape index (κ3) is 13.3. The standard InChI is InChI=1S/C33H40N6O8/c1-47-22-24-11-13-25(14-12-24)37-29(42)21-36-33(46)26(18-23-8-4-2-5-9-23)38-30(43)20-35-28(41)19-34-27(40)10-6-3-7-17-39-31(44)15-16-32(39)45/h2,4-5,8-9,11-16,26H,3,6-7,10,17-22H2,1H3,(H,34,40)(H,35,41)(H,36,46)(H,37,42)(H,38,43). The van der Waals surface area contributed by atoms with E-state index in [0.717, 1.165) is 16.0 Å². The molecule has 0 spiro atoms. The lowest BCUT2D eigenvalue weighted by atomic mass is 10.1. The Labute approximate surface area is 272 Å². The Morgan fingerprint density at radius 3 is 2.02 bits per heavy atom. The summed E-state index contributed by atoms with van der Waals surface area (Å²) in [6.45, 7) is -0.381. The van der Waals surface area contributed by atoms with Crippen LogP contribution in [0.25, 0.3) is 0 Å². The first-order valence-electron chi connectivity index (χ1n) is 15.2. The molecule has 0 fully saturated rings. The molecule has 1 heterocycles. The number of hydrogen-bond donors (Lipinski definition) is 5. The first-order valence-corrected chi connectivity index (χ1v) is 15.2. The summed E-state index contributed by atoms with van der Waals surface area (Å²) in [5.74, 6) is -3.31. The Hall–Kier alpha value is -5.37. The van der Waals surface area contributed by atoms with Crippen molar-refractivity contribution in [3.8, 4) is 0 Å². The normalized spacial score (nSPS) is 12.7. The van der Waals surface area contributed by atoms with Crippen LogP contribution in [0.2, 0.25) is 0 Å². The van der Waals surface area contributed by atoms with Crippen LogP contribution in [0.4, 0.5) is 5.69 Å². The fraction of sp³-hybridized carbons (Fsp3) is 0.364. The molecule has 0 saturated heterocycles. The molecule has 1 aliphatic rings. The van der Waals surface area contributed by atoms with Crippen LogP contribution in [0.15, 0.2) is 66.7 Å². The van der Waals surface area contributed by atoms with E-state index in [1.807, 2.05) is 18.2 Å². The number of imide groups is 1. The number of carbonyl (C=O) groups is 7. The summed E-state index contributed by atoms with van der Waals surface area (Å²) in [6.07, 6.45) is 4.42. The Morgan fingerprint density at radius 1 is 0.702 bits per heavy atom. The molecule has 1 aliphatic heterocycles. The molecule has 250 valence electrons. The van der Waals surface area contributed by atoms with Crippen molar-refractivity contribution in [3.63, 3.8) is 0 Å². The molecule has 47 heavy (non-hydrogen) atoms. The average molecular weight is 649 g/mol. The van der Waals surface area contributed by atoms with E-state index in [1.54, 1.807) is 43.5 Å². The van der Waals surface area contributed by atoms with Crippen LogP contribution in [0.5, 0.6) is 0 Å². The van der Waals surface area contributed by atoms with Crippen molar-refractivity contribution >= 4 is 47.0 Å². The highest BCUT2D eigenvalue weighted by molar-refractivity contribution is 6.12. The first kappa shape index (κ1) is 36.1. The van der Waals surface area contributed by atoms with Gasteiger partial charge in [0.1, 0.15) is 6.04 Å². The summed E-state index contributed by atoms with van der Waals surface area (Å²) in [5.41, 5.74) is 2.26. The van der Waals surface area contributed by atoms with E-state index in [9.17, 15) is 33.6 Å². The Balaban J connectivity index is 1.37. The molecule has 3 rings (SSSR count). The van der Waals surface area contributed by atoms with Crippen molar-refractivity contribution in [1.82, 2.24) is 26.2 Å². The van der Waals surface area contributed by atoms with Gasteiger partial charge in [-0.25, -0.2) is 0 Å². The zero-order chi connectivity index (χ0) is 34.0. The maximum absolute atomic E-state index is 13.0. The number of amides is 7. The van der Waals surface area contributed by atoms with E-state index in [-0.39, 0.29) is 50.2 Å². The van der Waals surface area contributed by atoms with Crippen LogP contribution in [0.3, 0.4) is 0 Å². The number of methoxy groups -OCH3 is 1. The summed E-state index contributed by atoms with van der Waals surface area (Å²) in [4.78, 5) is 86.6. The number of hydrogen-bond acceptors (Lipinski definition) is 8. The van der Waals surface area contributed by atoms with E-state index in [0.29, 0.717) is 31.6 Å². The predicted octanol–water partition coefficient (Wildman–Crippen LogP) is 0.333. The van der Waals surface area contributed by atoms with Gasteiger partial charge in [-0.2, -0.15) is 0 Å². The highest BCUT2D eigenvalue weighted by Crippen LogP contribution is 2.10. The molecular formula is C33H40N6O8. The van der Waals surface area contributed by atoms with E-state index in [4.69, 9.17) is 4.74 Å². The van der Waals surface area contributed by atoms with Crippen LogP contribution in [0.1, 0.15) is 36.8 Å². The van der Waals surface area contributed by atoms with E-state index in [2.05, 4.69) is 26.6 Å². The minimum Gasteiger partial charge on any atom is -0.380 e. The van der Waals surface area contributed by atoms with Crippen molar-refractivity contribution in [3.05, 3.63) is 77.9 Å². The summed E-state index contributed by atoms with van der Waals surface area (Å²) in [7, 11) is 1.59. The first-order chi connectivity index (χ1) is 22.6. The smallest absolute Gasteiger partial charge is 0.253 e. The average Bonchev–Trinajstić information content (AvgIpc) is 3.38. The van der Waals surface area contributed by atoms with Crippen LogP contribution >= 0.6 is 0 Å². The molecule has 14 heteroatoms. The highest BCUT2D eigenvalue weighted by atomic mass is 16.5. The third-order valence-electron chi connectivity index (χ3n) is 6.98. The number of ether oxygens (including phenoxy) is 1. The molecule has 1 unspecified atom stereocenters. The van der Waals surface area contributed by atoms with Gasteiger partial charge in [0.2, 0.25) is 29.5 Å². The minimum atomic E-state index is -1.03. The van der Waals surface area contributed by atoms with Gasteiger partial charge in [0, 0.05) is 44.3 Å². The molecule has 7 amide bonds. The van der Waals surface area contributed by atoms with E-state index < -0.39 is 36.2 Å². The second kappa shape index (κ2) is 19.2. The lowest BCUT2D eigenvalue weighted by Crippen LogP contribution is -2.52. The SMILES string of the molecule is COCc1ccc(NC(=O)CNC(=O)C(Cc2ccccc2)NC(=O)CNC(=O)CNC(=O)CCCCCN2C(=O)C=CC2=O)cc1. The van der Waals surface area contributed by atoms with Gasteiger partial charge in [-0.3, -0.25) is 38.5 Å². The van der Waals surface area contributed by atoms with Gasteiger partial charge in [0.05, 0.1) is 26.2 Å². The zero-order valence-corrected chi connectivity index (χ0v) is 26.2. The van der Waals surface area contributed by atoms with Crippen molar-refractivity contribution in [2.24, 2.45) is 0 Å². The second-order valence-electron chi connectivity index (χ2n) is 10.7. The summed E-state index contributed by atoms with van der Waals surface area (Å²) in [6, 6.07) is 15.0. The fourth-order valence-electron chi connectivity index (χ4n) is 4.54. The Bertz CT molecular complexity index is 1430. The number of nitrogens with zero attached hydrogens (tertiary/aromatic N) is 1. The largest absolute Gasteiger partial charge is 0.380 e. The molecule has 5 N–H and O–H groups in total. The van der Waals surface area contributed by atoms with E-state index in [1.165, 1.54) is 12.2 Å². The molecule has 14 nitrogen and oxygen atoms in total. The number of unbranched alkanes of at least 4 members (excludes halogenated alkanes) is 2. The number of nitrogens with one attached hydrogen (secondary N) is 5. The maximum Gasteiger partial charge on any atom is 0.253 e. The quantitative estimate of drug-likeness (QED) is 0.106. The summed E-state index contributed by atoms with van der Waals surface area (Å²) in [5, 5.41) is 12.7. The fourth-order valence-corrected chi connectivity index (χ4v) is 4.54. The van der Waals surface area contributed by atoms with Crippen LogP contribution < -0.4 is 26.6 Å². The monoisotopic (exact) mass is 648 g/mol. The Kier molecular flexibility index (Phi) is 14.8. The van der Waals surface area contributed by atoms with Gasteiger partial charge >= 0.3 is 0 Å². The van der Waals surface area contributed by atoms with Crippen LogP contribution in [-0.4, -0.2) is 85.6 Å². The highest BCUT2D eigenvalue weighted by Gasteiger charge is 2.23. The lowest BCUT2D eigenvalue weighted by molar-refractivity contribution is -0.137. The topological polar surface area (TPSA) is 192 Å². The van der Waals surface area contributed by atoms with Gasteiger partial charge in [-0.1, -0.05) is 48.9 Å². The summed E-state index contributed by atoms with van der Waals surface area (Å²) < 4.78 is 5.07. The zero-order valence-electron chi connectivity index (χ0n) is 26.2. The Morgan fingerprint density at radius 2 is 1.34 bits per heavy atom. The number of benzene rings is 2. The van der Waals surface area contributed by atoms with Crippen molar-refractivity contribution in [1.29, 1.82) is 0 Å². The van der Waals surface area contributed by atoms with Gasteiger partial charge in [-0.15, -0.1) is 0 Å². The second-order valence-corrected chi connectivity index (χ2v) is 10.7. The van der Waals surface area contributed by atoms with Gasteiger partial charge in [0.25, 0.3) is 11.8 Å². The number of carbonyl (C=O) groups excluding carboxylic acids is 7. The van der Waals surface area contributed by atoms with Crippen molar-refractivity contribution in [2.45, 2.75) is 44.8 Å². The van der Waals surface area contributed by atoms with Gasteiger partial charge in [-0.05, 0) is 36.1 Å². The van der Waals surface area contributed by atoms with Gasteiger partial charge in [0.15, 0.2) is 0 Å². The minimum absolute atomic E-state index is 0.145. The molecule has 0 radical (unpaired) electrons. The predicted molar refractivity (Wildman–Crippen MR) is 171 cm³/mol. The molecule has 0 saturated carbocycles. The van der Waals surface area contributed by atoms with E-state index >= 15 is 0 Å². The van der Waals surface area contributed by atoms with Crippen molar-refractivity contribution < 1.29 is 38.3 Å². The van der Waals surface area contributed by atoms with Gasteiger partial charge < -0.3 is 31.3 Å². The summed E-state index contributed by atoms with van der Waals surface area (Å²) >= 11 is 0. The third-order valence-corrected chi connectivity index (χ3v) is 6.98. The van der Waals surface area contributed by atoms with Crippen LogP contribution in [-0.2, 0) is 51.3 Å². The molecule has 0 bridgehead atoms.